The van der Waals surface area contributed by atoms with Gasteiger partial charge in [-0.25, -0.2) is 0 Å². The summed E-state index contributed by atoms with van der Waals surface area (Å²) in [6.45, 7) is 3.23. The molecule has 0 N–H and O–H groups in total. The highest BCUT2D eigenvalue weighted by Crippen LogP contribution is 2.19. The smallest absolute Gasteiger partial charge is 0.240 e. The maximum atomic E-state index is 5.70. The number of ether oxygens (including phenoxy) is 2. The molecule has 10 heteroatoms. The topological polar surface area (TPSA) is 104 Å². The molecule has 3 rings (SSSR count). The van der Waals surface area contributed by atoms with Gasteiger partial charge < -0.3 is 14.0 Å². The molecule has 0 saturated carbocycles. The maximum absolute atomic E-state index is 5.70. The van der Waals surface area contributed by atoms with Crippen LogP contribution in [0.1, 0.15) is 23.6 Å². The molecule has 3 heterocycles. The van der Waals surface area contributed by atoms with Crippen LogP contribution in [0.5, 0.6) is 0 Å². The number of aryl methyl sites for hydroxylation is 1. The summed E-state index contributed by atoms with van der Waals surface area (Å²) >= 11 is 0. The minimum Gasteiger partial charge on any atom is -0.384 e. The van der Waals surface area contributed by atoms with Gasteiger partial charge in [0.1, 0.15) is 6.10 Å². The summed E-state index contributed by atoms with van der Waals surface area (Å²) in [6.07, 6.45) is 0.466. The summed E-state index contributed by atoms with van der Waals surface area (Å²) in [5.41, 5.74) is 0. The van der Waals surface area contributed by atoms with E-state index in [1.807, 2.05) is 0 Å². The molecular weight excluding hydrogens is 290 g/mol. The SMILES string of the molecule is COCCc1noc(CN2CCOC(c3nnn(C)n3)C2)n1. The third kappa shape index (κ3) is 3.64. The highest BCUT2D eigenvalue weighted by Gasteiger charge is 2.26. The van der Waals surface area contributed by atoms with E-state index in [2.05, 4.69) is 30.5 Å². The maximum Gasteiger partial charge on any atom is 0.240 e. The third-order valence-electron chi connectivity index (χ3n) is 3.36. The van der Waals surface area contributed by atoms with Crippen LogP contribution in [0.3, 0.4) is 0 Å². The van der Waals surface area contributed by atoms with Gasteiger partial charge >= 0.3 is 0 Å². The normalized spacial score (nSPS) is 19.6. The Bertz CT molecular complexity index is 599. The average Bonchev–Trinajstić information content (AvgIpc) is 3.15. The molecule has 1 unspecified atom stereocenters. The zero-order chi connectivity index (χ0) is 15.4. The first kappa shape index (κ1) is 15.0. The van der Waals surface area contributed by atoms with E-state index in [4.69, 9.17) is 14.0 Å². The molecule has 0 aromatic carbocycles. The Morgan fingerprint density at radius 1 is 1.41 bits per heavy atom. The zero-order valence-electron chi connectivity index (χ0n) is 12.7. The Balaban J connectivity index is 1.57. The van der Waals surface area contributed by atoms with E-state index in [1.165, 1.54) is 4.80 Å². The fourth-order valence-corrected chi connectivity index (χ4v) is 2.27. The lowest BCUT2D eigenvalue weighted by Gasteiger charge is -2.30. The lowest BCUT2D eigenvalue weighted by atomic mass is 10.2. The molecule has 1 saturated heterocycles. The second-order valence-corrected chi connectivity index (χ2v) is 5.08. The first-order valence-corrected chi connectivity index (χ1v) is 7.13. The fourth-order valence-electron chi connectivity index (χ4n) is 2.27. The number of tetrazole rings is 1. The number of rotatable bonds is 6. The summed E-state index contributed by atoms with van der Waals surface area (Å²) in [7, 11) is 3.38. The molecule has 0 amide bonds. The molecule has 10 nitrogen and oxygen atoms in total. The largest absolute Gasteiger partial charge is 0.384 e. The summed E-state index contributed by atoms with van der Waals surface area (Å²) < 4.78 is 16.0. The van der Waals surface area contributed by atoms with E-state index >= 15 is 0 Å². The standard InChI is InChI=1S/C12H19N7O3/c1-18-15-12(14-17-18)9-7-19(4-6-21-9)8-11-13-10(16-22-11)3-5-20-2/h9H,3-8H2,1-2H3. The highest BCUT2D eigenvalue weighted by atomic mass is 16.5. The van der Waals surface area contributed by atoms with Crippen molar-refractivity contribution in [3.63, 3.8) is 0 Å². The van der Waals surface area contributed by atoms with Gasteiger partial charge in [0.15, 0.2) is 5.82 Å². The second-order valence-electron chi connectivity index (χ2n) is 5.08. The highest BCUT2D eigenvalue weighted by molar-refractivity contribution is 4.91. The third-order valence-corrected chi connectivity index (χ3v) is 3.36. The fraction of sp³-hybridized carbons (Fsp3) is 0.750. The van der Waals surface area contributed by atoms with Crippen molar-refractivity contribution in [3.8, 4) is 0 Å². The Labute approximate surface area is 127 Å². The Hall–Kier alpha value is -1.91. The molecule has 0 radical (unpaired) electrons. The molecule has 1 aliphatic heterocycles. The number of morpholine rings is 1. The Morgan fingerprint density at radius 3 is 3.09 bits per heavy atom. The van der Waals surface area contributed by atoms with Gasteiger partial charge in [0, 0.05) is 26.6 Å². The molecular formula is C12H19N7O3. The van der Waals surface area contributed by atoms with Gasteiger partial charge in [0.05, 0.1) is 26.8 Å². The van der Waals surface area contributed by atoms with Crippen LogP contribution < -0.4 is 0 Å². The van der Waals surface area contributed by atoms with Gasteiger partial charge in [0.2, 0.25) is 11.7 Å². The van der Waals surface area contributed by atoms with Gasteiger partial charge in [-0.2, -0.15) is 9.78 Å². The van der Waals surface area contributed by atoms with E-state index in [0.29, 0.717) is 50.3 Å². The molecule has 1 fully saturated rings. The lowest BCUT2D eigenvalue weighted by molar-refractivity contribution is -0.0398. The molecule has 2 aromatic heterocycles. The predicted octanol–water partition coefficient (Wildman–Crippen LogP) is -0.644. The van der Waals surface area contributed by atoms with E-state index in [1.54, 1.807) is 14.2 Å². The Morgan fingerprint density at radius 2 is 2.32 bits per heavy atom. The van der Waals surface area contributed by atoms with Gasteiger partial charge in [0.25, 0.3) is 0 Å². The first-order valence-electron chi connectivity index (χ1n) is 7.13. The van der Waals surface area contributed by atoms with E-state index in [-0.39, 0.29) is 6.10 Å². The summed E-state index contributed by atoms with van der Waals surface area (Å²) in [5, 5.41) is 16.0. The molecule has 0 bridgehead atoms. The predicted molar refractivity (Wildman–Crippen MR) is 72.6 cm³/mol. The zero-order valence-corrected chi connectivity index (χ0v) is 12.7. The van der Waals surface area contributed by atoms with Crippen molar-refractivity contribution in [3.05, 3.63) is 17.5 Å². The van der Waals surface area contributed by atoms with Crippen molar-refractivity contribution < 1.29 is 14.0 Å². The van der Waals surface area contributed by atoms with Gasteiger partial charge in [-0.05, 0) is 5.21 Å². The molecule has 0 spiro atoms. The van der Waals surface area contributed by atoms with E-state index in [0.717, 1.165) is 6.54 Å². The number of nitrogens with zero attached hydrogens (tertiary/aromatic N) is 7. The van der Waals surface area contributed by atoms with Crippen LogP contribution >= 0.6 is 0 Å². The second kappa shape index (κ2) is 6.90. The summed E-state index contributed by atoms with van der Waals surface area (Å²) in [6, 6.07) is 0. The van der Waals surface area contributed by atoms with Crippen LogP contribution in [0, 0.1) is 0 Å². The van der Waals surface area contributed by atoms with E-state index < -0.39 is 0 Å². The molecule has 0 aliphatic carbocycles. The molecule has 22 heavy (non-hydrogen) atoms. The van der Waals surface area contributed by atoms with Gasteiger partial charge in [-0.15, -0.1) is 10.2 Å². The van der Waals surface area contributed by atoms with Crippen molar-refractivity contribution in [2.75, 3.05) is 33.4 Å². The number of methoxy groups -OCH3 is 1. The monoisotopic (exact) mass is 309 g/mol. The first-order chi connectivity index (χ1) is 10.7. The van der Waals surface area contributed by atoms with Crippen molar-refractivity contribution >= 4 is 0 Å². The van der Waals surface area contributed by atoms with E-state index in [9.17, 15) is 0 Å². The van der Waals surface area contributed by atoms with Crippen LogP contribution in [-0.2, 0) is 29.5 Å². The molecule has 120 valence electrons. The van der Waals surface area contributed by atoms with Crippen LogP contribution in [0.15, 0.2) is 4.52 Å². The van der Waals surface area contributed by atoms with Crippen molar-refractivity contribution in [1.29, 1.82) is 0 Å². The molecule has 1 atom stereocenters. The van der Waals surface area contributed by atoms with Crippen LogP contribution in [0.25, 0.3) is 0 Å². The molecule has 1 aliphatic rings. The van der Waals surface area contributed by atoms with Crippen molar-refractivity contribution in [2.45, 2.75) is 19.1 Å². The molecule has 2 aromatic rings. The lowest BCUT2D eigenvalue weighted by Crippen LogP contribution is -2.38. The van der Waals surface area contributed by atoms with Gasteiger partial charge in [-0.1, -0.05) is 5.16 Å². The number of hydrogen-bond donors (Lipinski definition) is 0. The van der Waals surface area contributed by atoms with Crippen LogP contribution in [0.2, 0.25) is 0 Å². The van der Waals surface area contributed by atoms with Crippen LogP contribution in [0.4, 0.5) is 0 Å². The minimum absolute atomic E-state index is 0.182. The summed E-state index contributed by atoms with van der Waals surface area (Å²) in [5.74, 6) is 1.86. The van der Waals surface area contributed by atoms with Crippen LogP contribution in [-0.4, -0.2) is 68.7 Å². The number of hydrogen-bond acceptors (Lipinski definition) is 9. The Kier molecular flexibility index (Phi) is 4.71. The number of aromatic nitrogens is 6. The summed E-state index contributed by atoms with van der Waals surface area (Å²) in [4.78, 5) is 7.96. The van der Waals surface area contributed by atoms with Crippen molar-refractivity contribution in [2.24, 2.45) is 7.05 Å². The minimum atomic E-state index is -0.182. The van der Waals surface area contributed by atoms with Gasteiger partial charge in [-0.3, -0.25) is 4.90 Å². The average molecular weight is 309 g/mol. The quantitative estimate of drug-likeness (QED) is 0.688. The van der Waals surface area contributed by atoms with Crippen molar-refractivity contribution in [1.82, 2.24) is 35.2 Å².